The van der Waals surface area contributed by atoms with E-state index in [4.69, 9.17) is 16.3 Å². The second-order valence-electron chi connectivity index (χ2n) is 2.62. The molecule has 0 radical (unpaired) electrons. The van der Waals surface area contributed by atoms with Crippen molar-refractivity contribution in [2.75, 3.05) is 19.8 Å². The molecule has 0 aromatic carbocycles. The molecule has 1 aliphatic rings. The van der Waals surface area contributed by atoms with Crippen LogP contribution in [-0.4, -0.2) is 31.0 Å². The normalized spacial score (nSPS) is 25.0. The van der Waals surface area contributed by atoms with Gasteiger partial charge in [-0.15, -0.1) is 0 Å². The van der Waals surface area contributed by atoms with Gasteiger partial charge in [0, 0.05) is 19.0 Å². The standard InChI is InChI=1S/C7H12ClNO2/c8-7(10)2-1-6-5-11-4-3-9-6/h6,9H,1-5H2. The average Bonchev–Trinajstić information content (AvgIpc) is 2.03. The van der Waals surface area contributed by atoms with Gasteiger partial charge in [-0.2, -0.15) is 0 Å². The molecular weight excluding hydrogens is 166 g/mol. The highest BCUT2D eigenvalue weighted by molar-refractivity contribution is 6.63. The third-order valence-corrected chi connectivity index (χ3v) is 1.88. The van der Waals surface area contributed by atoms with Crippen molar-refractivity contribution in [2.24, 2.45) is 0 Å². The second kappa shape index (κ2) is 4.70. The Hall–Kier alpha value is -0.120. The van der Waals surface area contributed by atoms with E-state index < -0.39 is 0 Å². The van der Waals surface area contributed by atoms with E-state index in [-0.39, 0.29) is 5.24 Å². The zero-order chi connectivity index (χ0) is 8.10. The van der Waals surface area contributed by atoms with Gasteiger partial charge in [0.05, 0.1) is 13.2 Å². The predicted octanol–water partition coefficient (Wildman–Crippen LogP) is 0.520. The summed E-state index contributed by atoms with van der Waals surface area (Å²) in [6.45, 7) is 2.34. The van der Waals surface area contributed by atoms with Crippen molar-refractivity contribution in [3.8, 4) is 0 Å². The maximum Gasteiger partial charge on any atom is 0.221 e. The minimum absolute atomic E-state index is 0.266. The molecule has 0 bridgehead atoms. The zero-order valence-electron chi connectivity index (χ0n) is 6.31. The smallest absolute Gasteiger partial charge is 0.221 e. The van der Waals surface area contributed by atoms with Crippen molar-refractivity contribution in [3.63, 3.8) is 0 Å². The summed E-state index contributed by atoms with van der Waals surface area (Å²) in [5.74, 6) is 0. The first-order chi connectivity index (χ1) is 5.29. The third-order valence-electron chi connectivity index (χ3n) is 1.69. The molecule has 4 heteroatoms. The Balaban J connectivity index is 2.09. The fourth-order valence-corrected chi connectivity index (χ4v) is 1.20. The highest BCUT2D eigenvalue weighted by Crippen LogP contribution is 2.03. The lowest BCUT2D eigenvalue weighted by atomic mass is 10.1. The highest BCUT2D eigenvalue weighted by atomic mass is 35.5. The van der Waals surface area contributed by atoms with E-state index in [9.17, 15) is 4.79 Å². The van der Waals surface area contributed by atoms with Gasteiger partial charge in [0.25, 0.3) is 0 Å². The fraction of sp³-hybridized carbons (Fsp3) is 0.857. The SMILES string of the molecule is O=C(Cl)CCC1COCCN1. The van der Waals surface area contributed by atoms with Crippen molar-refractivity contribution in [3.05, 3.63) is 0 Å². The van der Waals surface area contributed by atoms with Crippen LogP contribution in [0.15, 0.2) is 0 Å². The van der Waals surface area contributed by atoms with Crippen molar-refractivity contribution < 1.29 is 9.53 Å². The Bertz CT molecular complexity index is 134. The minimum atomic E-state index is -0.266. The Labute approximate surface area is 71.1 Å². The Morgan fingerprint density at radius 3 is 3.09 bits per heavy atom. The summed E-state index contributed by atoms with van der Waals surface area (Å²) in [7, 11) is 0. The lowest BCUT2D eigenvalue weighted by Gasteiger charge is -2.22. The van der Waals surface area contributed by atoms with Crippen LogP contribution < -0.4 is 5.32 Å². The molecule has 1 rings (SSSR count). The molecule has 1 saturated heterocycles. The summed E-state index contributed by atoms with van der Waals surface area (Å²) >= 11 is 5.19. The third kappa shape index (κ3) is 3.70. The number of halogens is 1. The van der Waals surface area contributed by atoms with Crippen LogP contribution >= 0.6 is 11.6 Å². The Morgan fingerprint density at radius 1 is 1.73 bits per heavy atom. The number of hydrogen-bond donors (Lipinski definition) is 1. The Kier molecular flexibility index (Phi) is 3.83. The van der Waals surface area contributed by atoms with E-state index >= 15 is 0 Å². The van der Waals surface area contributed by atoms with Crippen molar-refractivity contribution >= 4 is 16.8 Å². The molecule has 0 aromatic heterocycles. The van der Waals surface area contributed by atoms with Crippen LogP contribution in [-0.2, 0) is 9.53 Å². The molecule has 1 atom stereocenters. The summed E-state index contributed by atoms with van der Waals surface area (Å²) in [5.41, 5.74) is 0. The number of rotatable bonds is 3. The van der Waals surface area contributed by atoms with Gasteiger partial charge in [0.1, 0.15) is 0 Å². The summed E-state index contributed by atoms with van der Waals surface area (Å²) < 4.78 is 5.20. The van der Waals surface area contributed by atoms with Crippen molar-refractivity contribution in [2.45, 2.75) is 18.9 Å². The molecule has 64 valence electrons. The van der Waals surface area contributed by atoms with Gasteiger partial charge in [-0.05, 0) is 18.0 Å². The lowest BCUT2D eigenvalue weighted by molar-refractivity contribution is -0.112. The van der Waals surface area contributed by atoms with E-state index in [1.165, 1.54) is 0 Å². The number of nitrogens with one attached hydrogen (secondary N) is 1. The average molecular weight is 178 g/mol. The number of ether oxygens (including phenoxy) is 1. The monoisotopic (exact) mass is 177 g/mol. The molecule has 0 aromatic rings. The van der Waals surface area contributed by atoms with E-state index in [2.05, 4.69) is 5.32 Å². The fourth-order valence-electron chi connectivity index (χ4n) is 1.09. The van der Waals surface area contributed by atoms with Crippen molar-refractivity contribution in [1.29, 1.82) is 0 Å². The molecule has 3 nitrogen and oxygen atoms in total. The molecule has 11 heavy (non-hydrogen) atoms. The van der Waals surface area contributed by atoms with Crippen molar-refractivity contribution in [1.82, 2.24) is 5.32 Å². The van der Waals surface area contributed by atoms with Crippen LogP contribution in [0.4, 0.5) is 0 Å². The first-order valence-electron chi connectivity index (χ1n) is 3.78. The lowest BCUT2D eigenvalue weighted by Crippen LogP contribution is -2.41. The number of hydrogen-bond acceptors (Lipinski definition) is 3. The largest absolute Gasteiger partial charge is 0.379 e. The summed E-state index contributed by atoms with van der Waals surface area (Å²) in [6.07, 6.45) is 1.21. The van der Waals surface area contributed by atoms with Gasteiger partial charge in [0.15, 0.2) is 0 Å². The predicted molar refractivity (Wildman–Crippen MR) is 42.7 cm³/mol. The molecule has 1 aliphatic heterocycles. The molecule has 0 spiro atoms. The highest BCUT2D eigenvalue weighted by Gasteiger charge is 2.13. The number of carbonyl (C=O) groups excluding carboxylic acids is 1. The number of carbonyl (C=O) groups is 1. The van der Waals surface area contributed by atoms with Crippen LogP contribution in [0.3, 0.4) is 0 Å². The molecule has 0 saturated carbocycles. The van der Waals surface area contributed by atoms with Crippen LogP contribution in [0.1, 0.15) is 12.8 Å². The second-order valence-corrected chi connectivity index (χ2v) is 3.04. The molecule has 0 aliphatic carbocycles. The first-order valence-corrected chi connectivity index (χ1v) is 4.16. The summed E-state index contributed by atoms with van der Waals surface area (Å²) in [5, 5.41) is 2.97. The molecule has 0 amide bonds. The van der Waals surface area contributed by atoms with Gasteiger partial charge in [-0.25, -0.2) is 0 Å². The molecule has 1 unspecified atom stereocenters. The van der Waals surface area contributed by atoms with E-state index in [0.717, 1.165) is 19.6 Å². The maximum absolute atomic E-state index is 10.4. The van der Waals surface area contributed by atoms with Crippen LogP contribution in [0.2, 0.25) is 0 Å². The Morgan fingerprint density at radius 2 is 2.55 bits per heavy atom. The van der Waals surface area contributed by atoms with E-state index in [0.29, 0.717) is 19.1 Å². The zero-order valence-corrected chi connectivity index (χ0v) is 7.06. The van der Waals surface area contributed by atoms with Crippen LogP contribution in [0, 0.1) is 0 Å². The molecular formula is C7H12ClNO2. The van der Waals surface area contributed by atoms with Crippen LogP contribution in [0.25, 0.3) is 0 Å². The van der Waals surface area contributed by atoms with E-state index in [1.54, 1.807) is 0 Å². The summed E-state index contributed by atoms with van der Waals surface area (Å²) in [4.78, 5) is 10.4. The van der Waals surface area contributed by atoms with Gasteiger partial charge in [-0.3, -0.25) is 4.79 Å². The molecule has 1 fully saturated rings. The molecule has 1 N–H and O–H groups in total. The summed E-state index contributed by atoms with van der Waals surface area (Å²) in [6, 6.07) is 0.312. The minimum Gasteiger partial charge on any atom is -0.379 e. The van der Waals surface area contributed by atoms with Gasteiger partial charge >= 0.3 is 0 Å². The molecule has 1 heterocycles. The van der Waals surface area contributed by atoms with Gasteiger partial charge in [0.2, 0.25) is 5.24 Å². The van der Waals surface area contributed by atoms with Crippen LogP contribution in [0.5, 0.6) is 0 Å². The maximum atomic E-state index is 10.4. The quantitative estimate of drug-likeness (QED) is 0.639. The van der Waals surface area contributed by atoms with E-state index in [1.807, 2.05) is 0 Å². The van der Waals surface area contributed by atoms with Gasteiger partial charge < -0.3 is 10.1 Å². The first kappa shape index (κ1) is 8.97. The number of morpholine rings is 1. The van der Waals surface area contributed by atoms with Gasteiger partial charge in [-0.1, -0.05) is 0 Å². The topological polar surface area (TPSA) is 38.3 Å².